The Labute approximate surface area is 145 Å². The van der Waals surface area contributed by atoms with E-state index in [4.69, 9.17) is 9.40 Å². The fraction of sp³-hybridized carbons (Fsp3) is 0.529. The number of fused-ring (bicyclic) bond motifs is 1. The predicted molar refractivity (Wildman–Crippen MR) is 91.3 cm³/mol. The SMILES string of the molecule is CCCn1nc(-c2ccc(C)o2)nc1[C@@H]1CCc2nn(C)c(=O)n2C1. The van der Waals surface area contributed by atoms with Crippen molar-refractivity contribution in [1.29, 1.82) is 0 Å². The van der Waals surface area contributed by atoms with Crippen LogP contribution in [-0.2, 0) is 26.6 Å². The van der Waals surface area contributed by atoms with Gasteiger partial charge in [-0.2, -0.15) is 5.10 Å². The zero-order valence-corrected chi connectivity index (χ0v) is 14.8. The Bertz CT molecular complexity index is 960. The predicted octanol–water partition coefficient (Wildman–Crippen LogP) is 1.88. The molecule has 0 unspecified atom stereocenters. The van der Waals surface area contributed by atoms with Gasteiger partial charge in [-0.3, -0.25) is 4.57 Å². The van der Waals surface area contributed by atoms with Gasteiger partial charge in [0.25, 0.3) is 0 Å². The van der Waals surface area contributed by atoms with Gasteiger partial charge in [-0.15, -0.1) is 5.10 Å². The Morgan fingerprint density at radius 1 is 1.32 bits per heavy atom. The van der Waals surface area contributed by atoms with Crippen LogP contribution in [0, 0.1) is 6.92 Å². The molecule has 25 heavy (non-hydrogen) atoms. The third kappa shape index (κ3) is 2.71. The molecule has 1 atom stereocenters. The first-order valence-electron chi connectivity index (χ1n) is 8.71. The van der Waals surface area contributed by atoms with Crippen LogP contribution >= 0.6 is 0 Å². The van der Waals surface area contributed by atoms with Crippen molar-refractivity contribution in [3.8, 4) is 11.6 Å². The van der Waals surface area contributed by atoms with Crippen molar-refractivity contribution >= 4 is 0 Å². The monoisotopic (exact) mass is 342 g/mol. The van der Waals surface area contributed by atoms with Crippen molar-refractivity contribution in [2.45, 2.75) is 52.1 Å². The highest BCUT2D eigenvalue weighted by atomic mass is 16.3. The van der Waals surface area contributed by atoms with Crippen LogP contribution in [0.25, 0.3) is 11.6 Å². The molecule has 8 heteroatoms. The molecule has 4 rings (SSSR count). The number of hydrogen-bond acceptors (Lipinski definition) is 5. The highest BCUT2D eigenvalue weighted by Gasteiger charge is 2.28. The second kappa shape index (κ2) is 6.02. The quantitative estimate of drug-likeness (QED) is 0.723. The summed E-state index contributed by atoms with van der Waals surface area (Å²) in [5.74, 6) is 4.06. The number of aromatic nitrogens is 6. The Hall–Kier alpha value is -2.64. The van der Waals surface area contributed by atoms with Gasteiger partial charge in [-0.25, -0.2) is 19.1 Å². The molecule has 0 radical (unpaired) electrons. The summed E-state index contributed by atoms with van der Waals surface area (Å²) in [6.07, 6.45) is 2.65. The molecule has 0 amide bonds. The average molecular weight is 342 g/mol. The smallest absolute Gasteiger partial charge is 0.345 e. The second-order valence-corrected chi connectivity index (χ2v) is 6.60. The van der Waals surface area contributed by atoms with E-state index in [1.54, 1.807) is 11.6 Å². The van der Waals surface area contributed by atoms with Crippen LogP contribution in [0.5, 0.6) is 0 Å². The van der Waals surface area contributed by atoms with E-state index in [0.29, 0.717) is 18.1 Å². The van der Waals surface area contributed by atoms with Gasteiger partial charge in [-0.05, 0) is 31.9 Å². The summed E-state index contributed by atoms with van der Waals surface area (Å²) in [6.45, 7) is 5.42. The third-order valence-electron chi connectivity index (χ3n) is 4.67. The molecule has 3 aromatic rings. The Morgan fingerprint density at radius 3 is 2.88 bits per heavy atom. The van der Waals surface area contributed by atoms with Crippen LogP contribution in [-0.4, -0.2) is 29.1 Å². The van der Waals surface area contributed by atoms with E-state index >= 15 is 0 Å². The van der Waals surface area contributed by atoms with Crippen LogP contribution in [0.4, 0.5) is 0 Å². The minimum atomic E-state index is -0.0665. The van der Waals surface area contributed by atoms with E-state index in [2.05, 4.69) is 17.1 Å². The molecule has 0 saturated heterocycles. The van der Waals surface area contributed by atoms with E-state index < -0.39 is 0 Å². The molecule has 3 aromatic heterocycles. The van der Waals surface area contributed by atoms with Crippen molar-refractivity contribution < 1.29 is 4.42 Å². The lowest BCUT2D eigenvalue weighted by Gasteiger charge is -2.22. The molecule has 0 bridgehead atoms. The molecule has 1 aliphatic rings. The van der Waals surface area contributed by atoms with E-state index in [1.165, 1.54) is 4.68 Å². The Balaban J connectivity index is 1.71. The van der Waals surface area contributed by atoms with Crippen molar-refractivity contribution in [2.24, 2.45) is 7.05 Å². The topological polar surface area (TPSA) is 83.7 Å². The summed E-state index contributed by atoms with van der Waals surface area (Å²) in [5.41, 5.74) is -0.0665. The van der Waals surface area contributed by atoms with Crippen molar-refractivity contribution in [2.75, 3.05) is 0 Å². The number of hydrogen-bond donors (Lipinski definition) is 0. The number of furan rings is 1. The average Bonchev–Trinajstić information content (AvgIpc) is 3.27. The molecule has 0 fully saturated rings. The second-order valence-electron chi connectivity index (χ2n) is 6.60. The van der Waals surface area contributed by atoms with Gasteiger partial charge < -0.3 is 4.42 Å². The highest BCUT2D eigenvalue weighted by Crippen LogP contribution is 2.28. The fourth-order valence-electron chi connectivity index (χ4n) is 3.44. The standard InChI is InChI=1S/C17H22N6O2/c1-4-9-23-16(18-15(20-23)13-7-5-11(2)25-13)12-6-8-14-19-21(3)17(24)22(14)10-12/h5,7,12H,4,6,8-10H2,1-3H3/t12-/m1/s1. The summed E-state index contributed by atoms with van der Waals surface area (Å²) in [5, 5.41) is 8.95. The van der Waals surface area contributed by atoms with Crippen LogP contribution < -0.4 is 5.69 Å². The zero-order chi connectivity index (χ0) is 17.6. The molecule has 0 aliphatic carbocycles. The van der Waals surface area contributed by atoms with Gasteiger partial charge >= 0.3 is 5.69 Å². The van der Waals surface area contributed by atoms with Crippen molar-refractivity contribution in [3.63, 3.8) is 0 Å². The Kier molecular flexibility index (Phi) is 3.82. The first-order valence-corrected chi connectivity index (χ1v) is 8.71. The fourth-order valence-corrected chi connectivity index (χ4v) is 3.44. The maximum Gasteiger partial charge on any atom is 0.345 e. The first kappa shape index (κ1) is 15.9. The summed E-state index contributed by atoms with van der Waals surface area (Å²) in [4.78, 5) is 17.0. The summed E-state index contributed by atoms with van der Waals surface area (Å²) in [6, 6.07) is 3.81. The molecule has 8 nitrogen and oxygen atoms in total. The lowest BCUT2D eigenvalue weighted by molar-refractivity contribution is 0.409. The largest absolute Gasteiger partial charge is 0.458 e. The van der Waals surface area contributed by atoms with E-state index in [1.807, 2.05) is 23.7 Å². The van der Waals surface area contributed by atoms with Gasteiger partial charge in [0.2, 0.25) is 5.82 Å². The van der Waals surface area contributed by atoms with Gasteiger partial charge in [0.15, 0.2) is 5.76 Å². The molecule has 1 aliphatic heterocycles. The molecular formula is C17H22N6O2. The van der Waals surface area contributed by atoms with Crippen LogP contribution in [0.2, 0.25) is 0 Å². The lowest BCUT2D eigenvalue weighted by atomic mass is 9.98. The molecular weight excluding hydrogens is 320 g/mol. The van der Waals surface area contributed by atoms with Gasteiger partial charge in [0.05, 0.1) is 0 Å². The minimum Gasteiger partial charge on any atom is -0.458 e. The van der Waals surface area contributed by atoms with Gasteiger partial charge in [0, 0.05) is 32.5 Å². The summed E-state index contributed by atoms with van der Waals surface area (Å²) in [7, 11) is 1.69. The minimum absolute atomic E-state index is 0.0665. The molecule has 0 spiro atoms. The summed E-state index contributed by atoms with van der Waals surface area (Å²) >= 11 is 0. The molecule has 0 aromatic carbocycles. The summed E-state index contributed by atoms with van der Waals surface area (Å²) < 4.78 is 10.8. The van der Waals surface area contributed by atoms with Gasteiger partial charge in [0.1, 0.15) is 17.4 Å². The van der Waals surface area contributed by atoms with E-state index in [-0.39, 0.29) is 11.6 Å². The maximum absolute atomic E-state index is 12.2. The first-order chi connectivity index (χ1) is 12.1. The number of aryl methyl sites for hydroxylation is 4. The Morgan fingerprint density at radius 2 is 2.16 bits per heavy atom. The maximum atomic E-state index is 12.2. The lowest BCUT2D eigenvalue weighted by Crippen LogP contribution is -2.30. The van der Waals surface area contributed by atoms with Crippen LogP contribution in [0.15, 0.2) is 21.3 Å². The molecule has 0 saturated carbocycles. The third-order valence-corrected chi connectivity index (χ3v) is 4.67. The van der Waals surface area contributed by atoms with E-state index in [0.717, 1.165) is 43.2 Å². The van der Waals surface area contributed by atoms with Crippen molar-refractivity contribution in [3.05, 3.63) is 40.0 Å². The van der Waals surface area contributed by atoms with Gasteiger partial charge in [-0.1, -0.05) is 6.92 Å². The van der Waals surface area contributed by atoms with E-state index in [9.17, 15) is 4.79 Å². The molecule has 132 valence electrons. The number of rotatable bonds is 4. The molecule has 0 N–H and O–H groups in total. The van der Waals surface area contributed by atoms with Crippen LogP contribution in [0.1, 0.15) is 43.1 Å². The van der Waals surface area contributed by atoms with Crippen LogP contribution in [0.3, 0.4) is 0 Å². The normalized spacial score (nSPS) is 17.0. The molecule has 4 heterocycles. The number of nitrogens with zero attached hydrogens (tertiary/aromatic N) is 6. The highest BCUT2D eigenvalue weighted by molar-refractivity contribution is 5.46. The van der Waals surface area contributed by atoms with Crippen molar-refractivity contribution in [1.82, 2.24) is 29.1 Å². The zero-order valence-electron chi connectivity index (χ0n) is 14.8.